The second-order valence-electron chi connectivity index (χ2n) is 4.58. The van der Waals surface area contributed by atoms with Gasteiger partial charge in [-0.2, -0.15) is 4.98 Å². The molecule has 0 bridgehead atoms. The first-order chi connectivity index (χ1) is 11.1. The van der Waals surface area contributed by atoms with Crippen molar-refractivity contribution >= 4 is 5.97 Å². The number of oxazole rings is 1. The first-order valence-corrected chi connectivity index (χ1v) is 7.31. The zero-order valence-electron chi connectivity index (χ0n) is 13.1. The number of allylic oxidation sites excluding steroid dienone is 1. The zero-order valence-corrected chi connectivity index (χ0v) is 13.1. The van der Waals surface area contributed by atoms with E-state index in [-0.39, 0.29) is 36.3 Å². The van der Waals surface area contributed by atoms with Gasteiger partial charge in [0.2, 0.25) is 11.6 Å². The van der Waals surface area contributed by atoms with Crippen LogP contribution in [0.25, 0.3) is 11.5 Å². The maximum atomic E-state index is 14.2. The fraction of sp³-hybridized carbons (Fsp3) is 0.294. The molecule has 0 aliphatic heterocycles. The number of nitrogens with zero attached hydrogens (tertiary/aromatic N) is 1. The molecular formula is C17H18FNO4. The summed E-state index contributed by atoms with van der Waals surface area (Å²) in [6.45, 7) is 7.54. The highest BCUT2D eigenvalue weighted by molar-refractivity contribution is 5.90. The summed E-state index contributed by atoms with van der Waals surface area (Å²) in [5, 5.41) is 0. The quantitative estimate of drug-likeness (QED) is 0.574. The van der Waals surface area contributed by atoms with Gasteiger partial charge in [0.1, 0.15) is 5.82 Å². The van der Waals surface area contributed by atoms with Crippen LogP contribution in [0.1, 0.15) is 29.9 Å². The predicted molar refractivity (Wildman–Crippen MR) is 82.9 cm³/mol. The summed E-state index contributed by atoms with van der Waals surface area (Å²) in [5.74, 6) is -1.27. The maximum absolute atomic E-state index is 14.2. The number of hydrogen-bond acceptors (Lipinski definition) is 5. The topological polar surface area (TPSA) is 61.6 Å². The van der Waals surface area contributed by atoms with Gasteiger partial charge in [0.05, 0.1) is 18.8 Å². The highest BCUT2D eigenvalue weighted by atomic mass is 19.1. The van der Waals surface area contributed by atoms with Gasteiger partial charge in [-0.05, 0) is 31.9 Å². The molecule has 0 saturated heterocycles. The number of carbonyl (C=O) groups excluding carboxylic acids is 1. The average molecular weight is 319 g/mol. The molecule has 1 heterocycles. The molecule has 0 aliphatic rings. The fourth-order valence-electron chi connectivity index (χ4n) is 2.10. The highest BCUT2D eigenvalue weighted by Crippen LogP contribution is 2.32. The van der Waals surface area contributed by atoms with Crippen molar-refractivity contribution in [2.75, 3.05) is 13.2 Å². The molecule has 0 fully saturated rings. The van der Waals surface area contributed by atoms with Crippen molar-refractivity contribution in [2.45, 2.75) is 20.3 Å². The summed E-state index contributed by atoms with van der Waals surface area (Å²) >= 11 is 0. The van der Waals surface area contributed by atoms with E-state index in [2.05, 4.69) is 11.6 Å². The molecular weight excluding hydrogens is 301 g/mol. The smallest absolute Gasteiger partial charge is 0.364 e. The Morgan fingerprint density at radius 3 is 2.83 bits per heavy atom. The van der Waals surface area contributed by atoms with Crippen LogP contribution in [-0.2, 0) is 11.2 Å². The van der Waals surface area contributed by atoms with Gasteiger partial charge < -0.3 is 13.9 Å². The number of ether oxygens (including phenoxy) is 2. The number of benzene rings is 1. The molecule has 1 aromatic heterocycles. The Bertz CT molecular complexity index is 709. The third-order valence-electron chi connectivity index (χ3n) is 3.02. The Labute approximate surface area is 133 Å². The molecule has 1 aromatic carbocycles. The summed E-state index contributed by atoms with van der Waals surface area (Å²) in [6.07, 6.45) is 2.09. The number of halogens is 1. The van der Waals surface area contributed by atoms with Crippen molar-refractivity contribution in [1.82, 2.24) is 4.98 Å². The van der Waals surface area contributed by atoms with Crippen molar-refractivity contribution in [3.05, 3.63) is 47.9 Å². The van der Waals surface area contributed by atoms with Crippen LogP contribution in [0.3, 0.4) is 0 Å². The average Bonchev–Trinajstić information content (AvgIpc) is 2.92. The maximum Gasteiger partial charge on any atom is 0.364 e. The first-order valence-electron chi connectivity index (χ1n) is 7.31. The number of esters is 1. The van der Waals surface area contributed by atoms with E-state index in [1.54, 1.807) is 32.1 Å². The molecule has 23 heavy (non-hydrogen) atoms. The summed E-state index contributed by atoms with van der Waals surface area (Å²) in [6, 6.07) is 4.64. The largest absolute Gasteiger partial charge is 0.464 e. The normalized spacial score (nSPS) is 10.4. The molecule has 2 rings (SSSR count). The Kier molecular flexibility index (Phi) is 5.51. The third kappa shape index (κ3) is 3.59. The van der Waals surface area contributed by atoms with Gasteiger partial charge in [-0.25, -0.2) is 9.18 Å². The molecule has 0 saturated carbocycles. The van der Waals surface area contributed by atoms with Crippen LogP contribution < -0.4 is 4.74 Å². The highest BCUT2D eigenvalue weighted by Gasteiger charge is 2.25. The number of carbonyl (C=O) groups is 1. The van der Waals surface area contributed by atoms with E-state index in [0.29, 0.717) is 12.0 Å². The minimum absolute atomic E-state index is 0.0218. The number of rotatable bonds is 7. The second-order valence-corrected chi connectivity index (χ2v) is 4.58. The Morgan fingerprint density at radius 2 is 2.17 bits per heavy atom. The SMILES string of the molecule is C=CCc1cccc(F)c1-c1nc(C(=O)OCC)c(OCC)o1. The molecule has 2 aromatic rings. The predicted octanol–water partition coefficient (Wildman–Crippen LogP) is 3.78. The van der Waals surface area contributed by atoms with Crippen molar-refractivity contribution < 1.29 is 23.1 Å². The molecule has 0 N–H and O–H groups in total. The summed E-state index contributed by atoms with van der Waals surface area (Å²) in [7, 11) is 0. The van der Waals surface area contributed by atoms with Gasteiger partial charge in [-0.1, -0.05) is 18.2 Å². The molecule has 0 unspecified atom stereocenters. The molecule has 122 valence electrons. The van der Waals surface area contributed by atoms with E-state index in [1.165, 1.54) is 6.07 Å². The lowest BCUT2D eigenvalue weighted by Gasteiger charge is -2.05. The van der Waals surface area contributed by atoms with E-state index in [4.69, 9.17) is 13.9 Å². The van der Waals surface area contributed by atoms with Crippen LogP contribution >= 0.6 is 0 Å². The van der Waals surface area contributed by atoms with Crippen molar-refractivity contribution in [1.29, 1.82) is 0 Å². The molecule has 0 aliphatic carbocycles. The number of aromatic nitrogens is 1. The summed E-state index contributed by atoms with van der Waals surface area (Å²) in [5.41, 5.74) is 0.736. The molecule has 0 radical (unpaired) electrons. The number of hydrogen-bond donors (Lipinski definition) is 0. The van der Waals surface area contributed by atoms with Gasteiger partial charge in [-0.15, -0.1) is 6.58 Å². The minimum Gasteiger partial charge on any atom is -0.464 e. The van der Waals surface area contributed by atoms with Gasteiger partial charge in [0.15, 0.2) is 0 Å². The van der Waals surface area contributed by atoms with Gasteiger partial charge in [0.25, 0.3) is 0 Å². The minimum atomic E-state index is -0.674. The van der Waals surface area contributed by atoms with Crippen LogP contribution in [-0.4, -0.2) is 24.2 Å². The zero-order chi connectivity index (χ0) is 16.8. The van der Waals surface area contributed by atoms with Crippen LogP contribution in [0, 0.1) is 5.82 Å². The molecule has 0 amide bonds. The fourth-order valence-corrected chi connectivity index (χ4v) is 2.10. The Balaban J connectivity index is 2.54. The first kappa shape index (κ1) is 16.7. The molecule has 0 spiro atoms. The van der Waals surface area contributed by atoms with Crippen molar-refractivity contribution in [3.8, 4) is 17.4 Å². The van der Waals surface area contributed by atoms with E-state index >= 15 is 0 Å². The Morgan fingerprint density at radius 1 is 1.39 bits per heavy atom. The lowest BCUT2D eigenvalue weighted by atomic mass is 10.0. The standard InChI is InChI=1S/C17H18FNO4/c1-4-8-11-9-7-10-12(18)13(11)15-19-14(16(20)21-5-2)17(23-15)22-6-3/h4,7,9-10H,1,5-6,8H2,2-3H3. The van der Waals surface area contributed by atoms with Crippen molar-refractivity contribution in [3.63, 3.8) is 0 Å². The molecule has 6 heteroatoms. The lowest BCUT2D eigenvalue weighted by molar-refractivity contribution is 0.0512. The van der Waals surface area contributed by atoms with Crippen LogP contribution in [0.5, 0.6) is 5.95 Å². The van der Waals surface area contributed by atoms with E-state index in [9.17, 15) is 9.18 Å². The van der Waals surface area contributed by atoms with E-state index in [1.807, 2.05) is 0 Å². The monoisotopic (exact) mass is 319 g/mol. The van der Waals surface area contributed by atoms with Crippen LogP contribution in [0.2, 0.25) is 0 Å². The van der Waals surface area contributed by atoms with E-state index < -0.39 is 11.8 Å². The van der Waals surface area contributed by atoms with Crippen LogP contribution in [0.4, 0.5) is 4.39 Å². The van der Waals surface area contributed by atoms with Crippen LogP contribution in [0.15, 0.2) is 35.3 Å². The lowest BCUT2D eigenvalue weighted by Crippen LogP contribution is -2.07. The van der Waals surface area contributed by atoms with E-state index in [0.717, 1.165) is 0 Å². The second kappa shape index (κ2) is 7.58. The summed E-state index contributed by atoms with van der Waals surface area (Å²) < 4.78 is 29.9. The van der Waals surface area contributed by atoms with Gasteiger partial charge in [0, 0.05) is 0 Å². The van der Waals surface area contributed by atoms with Crippen molar-refractivity contribution in [2.24, 2.45) is 0 Å². The summed E-state index contributed by atoms with van der Waals surface area (Å²) in [4.78, 5) is 16.0. The third-order valence-corrected chi connectivity index (χ3v) is 3.02. The molecule has 0 atom stereocenters. The Hall–Kier alpha value is -2.63. The molecule has 5 nitrogen and oxygen atoms in total. The van der Waals surface area contributed by atoms with Gasteiger partial charge >= 0.3 is 11.9 Å². The van der Waals surface area contributed by atoms with Gasteiger partial charge in [-0.3, -0.25) is 0 Å².